The third-order valence-electron chi connectivity index (χ3n) is 3.85. The van der Waals surface area contributed by atoms with Crippen LogP contribution >= 0.6 is 0 Å². The van der Waals surface area contributed by atoms with E-state index in [4.69, 9.17) is 5.73 Å². The van der Waals surface area contributed by atoms with Crippen LogP contribution in [0.1, 0.15) is 21.5 Å². The fourth-order valence-corrected chi connectivity index (χ4v) is 2.66. The van der Waals surface area contributed by atoms with Crippen molar-refractivity contribution in [1.82, 2.24) is 4.90 Å². The van der Waals surface area contributed by atoms with Crippen LogP contribution in [0.4, 0.5) is 5.69 Å². The average Bonchev–Trinajstić information content (AvgIpc) is 2.62. The Morgan fingerprint density at radius 1 is 0.750 bits per heavy atom. The topological polar surface area (TPSA) is 46.3 Å². The van der Waals surface area contributed by atoms with Crippen LogP contribution in [0, 0.1) is 0 Å². The zero-order valence-corrected chi connectivity index (χ0v) is 13.4. The molecule has 0 saturated heterocycles. The molecule has 0 unspecified atom stereocenters. The highest BCUT2D eigenvalue weighted by Crippen LogP contribution is 2.16. The first-order valence-electron chi connectivity index (χ1n) is 7.95. The number of anilines is 1. The number of nitrogen functional groups attached to an aromatic ring is 1. The molecule has 0 fully saturated rings. The van der Waals surface area contributed by atoms with Crippen molar-refractivity contribution in [2.75, 3.05) is 5.73 Å². The van der Waals surface area contributed by atoms with Gasteiger partial charge in [-0.15, -0.1) is 0 Å². The smallest absolute Gasteiger partial charge is 0.254 e. The third-order valence-corrected chi connectivity index (χ3v) is 3.85. The molecule has 0 heterocycles. The van der Waals surface area contributed by atoms with Crippen LogP contribution in [0.25, 0.3) is 0 Å². The molecule has 0 aromatic heterocycles. The summed E-state index contributed by atoms with van der Waals surface area (Å²) in [6.45, 7) is 1.12. The summed E-state index contributed by atoms with van der Waals surface area (Å²) in [5.41, 5.74) is 9.25. The van der Waals surface area contributed by atoms with Gasteiger partial charge < -0.3 is 10.6 Å². The number of amides is 1. The standard InChI is InChI=1S/C21H20N2O/c22-20-13-7-12-19(14-20)21(24)23(15-17-8-3-1-4-9-17)16-18-10-5-2-6-11-18/h1-14H,15-16,22H2. The Labute approximate surface area is 142 Å². The number of nitrogens with zero attached hydrogens (tertiary/aromatic N) is 1. The van der Waals surface area contributed by atoms with E-state index < -0.39 is 0 Å². The minimum Gasteiger partial charge on any atom is -0.399 e. The van der Waals surface area contributed by atoms with E-state index in [9.17, 15) is 4.79 Å². The van der Waals surface area contributed by atoms with Crippen LogP contribution < -0.4 is 5.73 Å². The van der Waals surface area contributed by atoms with E-state index in [2.05, 4.69) is 0 Å². The maximum atomic E-state index is 13.0. The van der Waals surface area contributed by atoms with Crippen molar-refractivity contribution in [2.24, 2.45) is 0 Å². The minimum atomic E-state index is -0.0185. The van der Waals surface area contributed by atoms with Crippen molar-refractivity contribution in [3.8, 4) is 0 Å². The second-order valence-electron chi connectivity index (χ2n) is 5.76. The summed E-state index contributed by atoms with van der Waals surface area (Å²) >= 11 is 0. The molecule has 24 heavy (non-hydrogen) atoms. The van der Waals surface area contributed by atoms with Crippen LogP contribution in [0.15, 0.2) is 84.9 Å². The number of rotatable bonds is 5. The zero-order valence-electron chi connectivity index (χ0n) is 13.4. The minimum absolute atomic E-state index is 0.0185. The van der Waals surface area contributed by atoms with Crippen LogP contribution in [0.3, 0.4) is 0 Å². The molecule has 0 bridgehead atoms. The quantitative estimate of drug-likeness (QED) is 0.720. The number of carbonyl (C=O) groups is 1. The fourth-order valence-electron chi connectivity index (χ4n) is 2.66. The predicted molar refractivity (Wildman–Crippen MR) is 97.3 cm³/mol. The van der Waals surface area contributed by atoms with Crippen molar-refractivity contribution in [2.45, 2.75) is 13.1 Å². The molecule has 2 N–H and O–H groups in total. The van der Waals surface area contributed by atoms with Crippen LogP contribution in [0.5, 0.6) is 0 Å². The summed E-state index contributed by atoms with van der Waals surface area (Å²) in [5.74, 6) is -0.0185. The Hall–Kier alpha value is -3.07. The highest BCUT2D eigenvalue weighted by molar-refractivity contribution is 5.95. The molecule has 3 nitrogen and oxygen atoms in total. The Morgan fingerprint density at radius 3 is 1.79 bits per heavy atom. The molecule has 3 aromatic rings. The molecule has 0 spiro atoms. The number of carbonyl (C=O) groups excluding carboxylic acids is 1. The van der Waals surface area contributed by atoms with Gasteiger partial charge in [0.2, 0.25) is 0 Å². The Morgan fingerprint density at radius 2 is 1.29 bits per heavy atom. The summed E-state index contributed by atoms with van der Waals surface area (Å²) in [5, 5.41) is 0. The van der Waals surface area contributed by atoms with E-state index in [0.717, 1.165) is 11.1 Å². The lowest BCUT2D eigenvalue weighted by molar-refractivity contribution is 0.0730. The monoisotopic (exact) mass is 316 g/mol. The lowest BCUT2D eigenvalue weighted by Crippen LogP contribution is -2.30. The maximum Gasteiger partial charge on any atom is 0.254 e. The molecule has 0 aliphatic carbocycles. The maximum absolute atomic E-state index is 13.0. The van der Waals surface area contributed by atoms with E-state index in [1.807, 2.05) is 77.7 Å². The number of hydrogen-bond donors (Lipinski definition) is 1. The van der Waals surface area contributed by atoms with Gasteiger partial charge in [0, 0.05) is 24.3 Å². The Balaban J connectivity index is 1.87. The summed E-state index contributed by atoms with van der Waals surface area (Å²) in [7, 11) is 0. The van der Waals surface area contributed by atoms with Gasteiger partial charge in [-0.3, -0.25) is 4.79 Å². The number of hydrogen-bond acceptors (Lipinski definition) is 2. The zero-order chi connectivity index (χ0) is 16.8. The van der Waals surface area contributed by atoms with Crippen molar-refractivity contribution in [1.29, 1.82) is 0 Å². The second-order valence-corrected chi connectivity index (χ2v) is 5.76. The molecule has 3 aromatic carbocycles. The summed E-state index contributed by atoms with van der Waals surface area (Å²) in [4.78, 5) is 14.8. The molecule has 0 atom stereocenters. The van der Waals surface area contributed by atoms with Gasteiger partial charge in [0.15, 0.2) is 0 Å². The SMILES string of the molecule is Nc1cccc(C(=O)N(Cc2ccccc2)Cc2ccccc2)c1. The van der Waals surface area contributed by atoms with Gasteiger partial charge in [-0.05, 0) is 29.3 Å². The van der Waals surface area contributed by atoms with Crippen molar-refractivity contribution in [3.05, 3.63) is 102 Å². The molecule has 3 heteroatoms. The van der Waals surface area contributed by atoms with Crippen LogP contribution in [0.2, 0.25) is 0 Å². The molecule has 0 saturated carbocycles. The van der Waals surface area contributed by atoms with Crippen molar-refractivity contribution < 1.29 is 4.79 Å². The number of benzene rings is 3. The highest BCUT2D eigenvalue weighted by atomic mass is 16.2. The van der Waals surface area contributed by atoms with Gasteiger partial charge in [-0.2, -0.15) is 0 Å². The van der Waals surface area contributed by atoms with Gasteiger partial charge >= 0.3 is 0 Å². The number of nitrogens with two attached hydrogens (primary N) is 1. The van der Waals surface area contributed by atoms with E-state index in [-0.39, 0.29) is 5.91 Å². The van der Waals surface area contributed by atoms with Gasteiger partial charge in [-0.25, -0.2) is 0 Å². The fraction of sp³-hybridized carbons (Fsp3) is 0.0952. The van der Waals surface area contributed by atoms with E-state index in [1.165, 1.54) is 0 Å². The molecule has 0 radical (unpaired) electrons. The lowest BCUT2D eigenvalue weighted by Gasteiger charge is -2.23. The Kier molecular flexibility index (Phi) is 4.92. The van der Waals surface area contributed by atoms with E-state index >= 15 is 0 Å². The summed E-state index contributed by atoms with van der Waals surface area (Å²) in [6, 6.07) is 27.2. The predicted octanol–water partition coefficient (Wildman–Crippen LogP) is 4.11. The third kappa shape index (κ3) is 4.02. The molecule has 120 valence electrons. The van der Waals surface area contributed by atoms with Gasteiger partial charge in [0.05, 0.1) is 0 Å². The summed E-state index contributed by atoms with van der Waals surface area (Å²) < 4.78 is 0. The second kappa shape index (κ2) is 7.47. The van der Waals surface area contributed by atoms with Gasteiger partial charge in [-0.1, -0.05) is 66.7 Å². The molecule has 3 rings (SSSR count). The van der Waals surface area contributed by atoms with Crippen LogP contribution in [-0.2, 0) is 13.1 Å². The van der Waals surface area contributed by atoms with Crippen molar-refractivity contribution >= 4 is 11.6 Å². The molecular formula is C21H20N2O. The van der Waals surface area contributed by atoms with Crippen molar-refractivity contribution in [3.63, 3.8) is 0 Å². The highest BCUT2D eigenvalue weighted by Gasteiger charge is 2.16. The average molecular weight is 316 g/mol. The first kappa shape index (κ1) is 15.8. The molecule has 0 aliphatic heterocycles. The van der Waals surface area contributed by atoms with E-state index in [0.29, 0.717) is 24.3 Å². The summed E-state index contributed by atoms with van der Waals surface area (Å²) in [6.07, 6.45) is 0. The lowest BCUT2D eigenvalue weighted by atomic mass is 10.1. The molecular weight excluding hydrogens is 296 g/mol. The van der Waals surface area contributed by atoms with E-state index in [1.54, 1.807) is 12.1 Å². The van der Waals surface area contributed by atoms with Crippen LogP contribution in [-0.4, -0.2) is 10.8 Å². The molecule has 0 aliphatic rings. The molecule has 1 amide bonds. The van der Waals surface area contributed by atoms with Gasteiger partial charge in [0.1, 0.15) is 0 Å². The normalized spacial score (nSPS) is 10.3. The Bertz CT molecular complexity index is 759. The largest absolute Gasteiger partial charge is 0.399 e. The van der Waals surface area contributed by atoms with Gasteiger partial charge in [0.25, 0.3) is 5.91 Å². The first-order valence-corrected chi connectivity index (χ1v) is 7.95. The first-order chi connectivity index (χ1) is 11.7.